The van der Waals surface area contributed by atoms with Crippen molar-refractivity contribution in [1.82, 2.24) is 9.97 Å². The van der Waals surface area contributed by atoms with E-state index in [-0.39, 0.29) is 0 Å². The minimum absolute atomic E-state index is 0.368. The number of hydrogen-bond donors (Lipinski definition) is 1. The van der Waals surface area contributed by atoms with E-state index in [0.717, 1.165) is 54.8 Å². The van der Waals surface area contributed by atoms with Gasteiger partial charge in [0.15, 0.2) is 0 Å². The lowest BCUT2D eigenvalue weighted by Gasteiger charge is -2.32. The smallest absolute Gasteiger partial charge is 0.225 e. The number of nitrogens with zero attached hydrogens (tertiary/aromatic N) is 3. The van der Waals surface area contributed by atoms with Crippen molar-refractivity contribution in [3.8, 4) is 11.1 Å². The van der Waals surface area contributed by atoms with Crippen LogP contribution in [0, 0.1) is 18.6 Å². The van der Waals surface area contributed by atoms with E-state index in [0.29, 0.717) is 11.6 Å². The Morgan fingerprint density at radius 3 is 2.36 bits per heavy atom. The van der Waals surface area contributed by atoms with Gasteiger partial charge in [-0.3, -0.25) is 0 Å². The molecule has 0 unspecified atom stereocenters. The highest BCUT2D eigenvalue weighted by Crippen LogP contribution is 2.29. The van der Waals surface area contributed by atoms with Crippen LogP contribution in [-0.2, 0) is 0 Å². The number of hydrogen-bond acceptors (Lipinski definition) is 4. The molecule has 6 heteroatoms. The first-order valence-electron chi connectivity index (χ1n) is 9.45. The molecule has 3 aromatic rings. The Morgan fingerprint density at radius 2 is 1.68 bits per heavy atom. The van der Waals surface area contributed by atoms with Gasteiger partial charge in [0.1, 0.15) is 11.6 Å². The standard InChI is InChI=1S/C22H22F2N4/c1-15-13-18(4-6-19(15)20-5-3-16(23)14-21(20)24)27-17-7-11-28(12-8-17)22-25-9-2-10-26-22/h2-6,9-10,13-14,17,27H,7-8,11-12H2,1H3. The van der Waals surface area contributed by atoms with Gasteiger partial charge in [0.25, 0.3) is 0 Å². The molecule has 2 heterocycles. The van der Waals surface area contributed by atoms with Crippen molar-refractivity contribution in [3.05, 3.63) is 72.1 Å². The topological polar surface area (TPSA) is 41.0 Å². The fraction of sp³-hybridized carbons (Fsp3) is 0.273. The first-order valence-corrected chi connectivity index (χ1v) is 9.45. The second-order valence-corrected chi connectivity index (χ2v) is 7.11. The molecule has 4 nitrogen and oxygen atoms in total. The van der Waals surface area contributed by atoms with Crippen molar-refractivity contribution in [3.63, 3.8) is 0 Å². The lowest BCUT2D eigenvalue weighted by molar-refractivity contribution is 0.520. The van der Waals surface area contributed by atoms with Crippen LogP contribution >= 0.6 is 0 Å². The quantitative estimate of drug-likeness (QED) is 0.705. The van der Waals surface area contributed by atoms with Gasteiger partial charge in [0.05, 0.1) is 0 Å². The molecule has 1 saturated heterocycles. The summed E-state index contributed by atoms with van der Waals surface area (Å²) in [5, 5.41) is 3.57. The molecule has 0 atom stereocenters. The van der Waals surface area contributed by atoms with Crippen molar-refractivity contribution in [1.29, 1.82) is 0 Å². The molecule has 4 rings (SSSR count). The van der Waals surface area contributed by atoms with Crippen LogP contribution in [0.25, 0.3) is 11.1 Å². The summed E-state index contributed by atoms with van der Waals surface area (Å²) in [6, 6.07) is 11.7. The fourth-order valence-electron chi connectivity index (χ4n) is 3.68. The molecule has 0 saturated carbocycles. The molecule has 1 aromatic heterocycles. The molecule has 1 aliphatic rings. The van der Waals surface area contributed by atoms with Gasteiger partial charge in [-0.25, -0.2) is 18.7 Å². The highest BCUT2D eigenvalue weighted by atomic mass is 19.1. The van der Waals surface area contributed by atoms with Crippen LogP contribution in [0.1, 0.15) is 18.4 Å². The van der Waals surface area contributed by atoms with Crippen molar-refractivity contribution in [2.75, 3.05) is 23.3 Å². The van der Waals surface area contributed by atoms with Gasteiger partial charge in [-0.15, -0.1) is 0 Å². The average Bonchev–Trinajstić information content (AvgIpc) is 2.70. The van der Waals surface area contributed by atoms with E-state index < -0.39 is 11.6 Å². The third kappa shape index (κ3) is 3.96. The van der Waals surface area contributed by atoms with Crippen LogP contribution in [0.5, 0.6) is 0 Å². The van der Waals surface area contributed by atoms with Gasteiger partial charge in [0.2, 0.25) is 5.95 Å². The summed E-state index contributed by atoms with van der Waals surface area (Å²) < 4.78 is 27.3. The zero-order valence-electron chi connectivity index (χ0n) is 15.7. The van der Waals surface area contributed by atoms with Crippen LogP contribution in [-0.4, -0.2) is 29.1 Å². The largest absolute Gasteiger partial charge is 0.382 e. The average molecular weight is 380 g/mol. The molecule has 1 N–H and O–H groups in total. The van der Waals surface area contributed by atoms with E-state index in [2.05, 4.69) is 20.2 Å². The lowest BCUT2D eigenvalue weighted by Crippen LogP contribution is -2.39. The molecule has 144 valence electrons. The number of rotatable bonds is 4. The number of aromatic nitrogens is 2. The molecule has 1 fully saturated rings. The van der Waals surface area contributed by atoms with E-state index in [1.807, 2.05) is 31.2 Å². The predicted octanol–water partition coefficient (Wildman–Crippen LogP) is 4.81. The number of nitrogens with one attached hydrogen (secondary N) is 1. The summed E-state index contributed by atoms with van der Waals surface area (Å²) in [6.07, 6.45) is 5.51. The first kappa shape index (κ1) is 18.3. The number of halogens is 2. The number of benzene rings is 2. The molecular weight excluding hydrogens is 358 g/mol. The summed E-state index contributed by atoms with van der Waals surface area (Å²) in [7, 11) is 0. The third-order valence-electron chi connectivity index (χ3n) is 5.15. The highest BCUT2D eigenvalue weighted by molar-refractivity contribution is 5.70. The molecule has 1 aliphatic heterocycles. The third-order valence-corrected chi connectivity index (χ3v) is 5.15. The van der Waals surface area contributed by atoms with E-state index in [4.69, 9.17) is 0 Å². The summed E-state index contributed by atoms with van der Waals surface area (Å²) in [6.45, 7) is 3.75. The van der Waals surface area contributed by atoms with E-state index >= 15 is 0 Å². The van der Waals surface area contributed by atoms with Crippen molar-refractivity contribution >= 4 is 11.6 Å². The molecule has 0 radical (unpaired) electrons. The van der Waals surface area contributed by atoms with Crippen LogP contribution in [0.2, 0.25) is 0 Å². The van der Waals surface area contributed by atoms with Crippen molar-refractivity contribution in [2.24, 2.45) is 0 Å². The maximum Gasteiger partial charge on any atom is 0.225 e. The number of piperidine rings is 1. The summed E-state index contributed by atoms with van der Waals surface area (Å²) >= 11 is 0. The van der Waals surface area contributed by atoms with Crippen LogP contribution in [0.15, 0.2) is 54.9 Å². The zero-order valence-corrected chi connectivity index (χ0v) is 15.7. The van der Waals surface area contributed by atoms with Gasteiger partial charge in [-0.1, -0.05) is 6.07 Å². The van der Waals surface area contributed by atoms with Crippen molar-refractivity contribution in [2.45, 2.75) is 25.8 Å². The Balaban J connectivity index is 1.42. The lowest BCUT2D eigenvalue weighted by atomic mass is 9.98. The molecule has 0 bridgehead atoms. The Labute approximate surface area is 163 Å². The molecule has 0 amide bonds. The fourth-order valence-corrected chi connectivity index (χ4v) is 3.68. The minimum Gasteiger partial charge on any atom is -0.382 e. The Kier molecular flexibility index (Phi) is 5.19. The van der Waals surface area contributed by atoms with Gasteiger partial charge < -0.3 is 10.2 Å². The Morgan fingerprint density at radius 1 is 0.964 bits per heavy atom. The van der Waals surface area contributed by atoms with Gasteiger partial charge in [-0.05, 0) is 61.2 Å². The van der Waals surface area contributed by atoms with Gasteiger partial charge >= 0.3 is 0 Å². The molecular formula is C22H22F2N4. The van der Waals surface area contributed by atoms with E-state index in [1.54, 1.807) is 12.4 Å². The Hall–Kier alpha value is -3.02. The maximum atomic E-state index is 14.1. The molecule has 0 spiro atoms. The SMILES string of the molecule is Cc1cc(NC2CCN(c3ncccn3)CC2)ccc1-c1ccc(F)cc1F. The monoisotopic (exact) mass is 380 g/mol. The maximum absolute atomic E-state index is 14.1. The summed E-state index contributed by atoms with van der Waals surface area (Å²) in [5.74, 6) is -0.328. The highest BCUT2D eigenvalue weighted by Gasteiger charge is 2.21. The number of aryl methyl sites for hydroxylation is 1. The van der Waals surface area contributed by atoms with Gasteiger partial charge in [-0.2, -0.15) is 0 Å². The van der Waals surface area contributed by atoms with E-state index in [1.165, 1.54) is 12.1 Å². The predicted molar refractivity (Wildman–Crippen MR) is 107 cm³/mol. The van der Waals surface area contributed by atoms with E-state index in [9.17, 15) is 8.78 Å². The first-order chi connectivity index (χ1) is 13.6. The second kappa shape index (κ2) is 7.92. The molecule has 28 heavy (non-hydrogen) atoms. The van der Waals surface area contributed by atoms with Crippen LogP contribution in [0.4, 0.5) is 20.4 Å². The second-order valence-electron chi connectivity index (χ2n) is 7.11. The minimum atomic E-state index is -0.565. The van der Waals surface area contributed by atoms with Gasteiger partial charge in [0, 0.05) is 48.8 Å². The van der Waals surface area contributed by atoms with Crippen molar-refractivity contribution < 1.29 is 8.78 Å². The molecule has 2 aromatic carbocycles. The summed E-state index contributed by atoms with van der Waals surface area (Å²) in [5.41, 5.74) is 3.16. The Bertz CT molecular complexity index is 954. The summed E-state index contributed by atoms with van der Waals surface area (Å²) in [4.78, 5) is 10.8. The zero-order chi connectivity index (χ0) is 19.5. The normalized spacial score (nSPS) is 14.9. The molecule has 0 aliphatic carbocycles. The van der Waals surface area contributed by atoms with Crippen LogP contribution in [0.3, 0.4) is 0 Å². The van der Waals surface area contributed by atoms with Crippen LogP contribution < -0.4 is 10.2 Å². The number of anilines is 2.